The van der Waals surface area contributed by atoms with Gasteiger partial charge in [-0.1, -0.05) is 11.6 Å². The van der Waals surface area contributed by atoms with Gasteiger partial charge in [-0.25, -0.2) is 4.98 Å². The van der Waals surface area contributed by atoms with Gasteiger partial charge in [0.2, 0.25) is 5.15 Å². The van der Waals surface area contributed by atoms with Gasteiger partial charge in [-0.05, 0) is 25.1 Å². The highest BCUT2D eigenvalue weighted by Gasteiger charge is 2.24. The average molecular weight is 293 g/mol. The van der Waals surface area contributed by atoms with Gasteiger partial charge in [-0.2, -0.15) is 0 Å². The molecule has 0 aliphatic heterocycles. The van der Waals surface area contributed by atoms with Crippen molar-refractivity contribution < 1.29 is 9.72 Å². The predicted molar refractivity (Wildman–Crippen MR) is 72.8 cm³/mol. The Bertz CT molecular complexity index is 690. The summed E-state index contributed by atoms with van der Waals surface area (Å²) in [6.07, 6.45) is 2.76. The second-order valence-corrected chi connectivity index (χ2v) is 4.25. The van der Waals surface area contributed by atoms with Crippen molar-refractivity contribution in [1.29, 1.82) is 0 Å². The maximum Gasteiger partial charge on any atom is 0.319 e. The number of rotatable bonds is 3. The number of hydrogen-bond acceptors (Lipinski definition) is 5. The summed E-state index contributed by atoms with van der Waals surface area (Å²) >= 11 is 5.65. The molecule has 8 heteroatoms. The van der Waals surface area contributed by atoms with Crippen LogP contribution in [0.5, 0.6) is 0 Å². The van der Waals surface area contributed by atoms with Crippen LogP contribution in [0.2, 0.25) is 5.15 Å². The van der Waals surface area contributed by atoms with Gasteiger partial charge in [0.05, 0.1) is 4.92 Å². The highest BCUT2D eigenvalue weighted by Crippen LogP contribution is 2.26. The fourth-order valence-corrected chi connectivity index (χ4v) is 1.83. The third kappa shape index (κ3) is 2.89. The van der Waals surface area contributed by atoms with Crippen LogP contribution >= 0.6 is 11.6 Å². The predicted octanol–water partition coefficient (Wildman–Crippen LogP) is 2.60. The molecule has 0 atom stereocenters. The highest BCUT2D eigenvalue weighted by molar-refractivity contribution is 6.32. The van der Waals surface area contributed by atoms with Crippen molar-refractivity contribution >= 4 is 28.9 Å². The molecule has 20 heavy (non-hydrogen) atoms. The number of anilines is 1. The van der Waals surface area contributed by atoms with Gasteiger partial charge in [-0.3, -0.25) is 19.9 Å². The standard InChI is InChI=1S/C12H9ClN4O3/c1-7-6-8(2-4-14-7)16-12(18)9-3-5-15-11(13)10(9)17(19)20/h2-6H,1H3,(H,14,16,18). The van der Waals surface area contributed by atoms with Crippen LogP contribution in [-0.2, 0) is 0 Å². The first kappa shape index (κ1) is 13.9. The largest absolute Gasteiger partial charge is 0.322 e. The number of aromatic nitrogens is 2. The number of hydrogen-bond donors (Lipinski definition) is 1. The van der Waals surface area contributed by atoms with E-state index in [1.165, 1.54) is 18.5 Å². The van der Waals surface area contributed by atoms with Crippen molar-refractivity contribution in [2.75, 3.05) is 5.32 Å². The molecule has 0 saturated heterocycles. The summed E-state index contributed by atoms with van der Waals surface area (Å²) in [7, 11) is 0. The molecule has 1 N–H and O–H groups in total. The highest BCUT2D eigenvalue weighted by atomic mass is 35.5. The van der Waals surface area contributed by atoms with Crippen molar-refractivity contribution in [2.24, 2.45) is 0 Å². The molecule has 0 spiro atoms. The number of carbonyl (C=O) groups excluding carboxylic acids is 1. The van der Waals surface area contributed by atoms with E-state index in [0.29, 0.717) is 11.4 Å². The molecule has 0 bridgehead atoms. The summed E-state index contributed by atoms with van der Waals surface area (Å²) in [5, 5.41) is 13.2. The molecule has 0 aliphatic carbocycles. The number of aryl methyl sites for hydroxylation is 1. The Hall–Kier alpha value is -2.54. The van der Waals surface area contributed by atoms with E-state index >= 15 is 0 Å². The summed E-state index contributed by atoms with van der Waals surface area (Å²) in [6.45, 7) is 1.77. The lowest BCUT2D eigenvalue weighted by Crippen LogP contribution is -2.14. The minimum atomic E-state index is -0.734. The van der Waals surface area contributed by atoms with Gasteiger partial charge in [0.25, 0.3) is 5.91 Å². The molecule has 0 aromatic carbocycles. The lowest BCUT2D eigenvalue weighted by Gasteiger charge is -2.06. The lowest BCUT2D eigenvalue weighted by atomic mass is 10.2. The van der Waals surface area contributed by atoms with Crippen LogP contribution in [0.3, 0.4) is 0 Å². The van der Waals surface area contributed by atoms with Crippen LogP contribution in [-0.4, -0.2) is 20.8 Å². The van der Waals surface area contributed by atoms with Gasteiger partial charge < -0.3 is 5.32 Å². The molecule has 2 heterocycles. The molecular formula is C12H9ClN4O3. The van der Waals surface area contributed by atoms with Crippen LogP contribution in [0.1, 0.15) is 16.1 Å². The molecule has 0 unspecified atom stereocenters. The zero-order valence-corrected chi connectivity index (χ0v) is 11.1. The summed E-state index contributed by atoms with van der Waals surface area (Å²) in [5.41, 5.74) is 0.539. The Morgan fingerprint density at radius 2 is 2.05 bits per heavy atom. The fourth-order valence-electron chi connectivity index (χ4n) is 1.61. The lowest BCUT2D eigenvalue weighted by molar-refractivity contribution is -0.385. The summed E-state index contributed by atoms with van der Waals surface area (Å²) < 4.78 is 0. The Balaban J connectivity index is 2.35. The Morgan fingerprint density at radius 3 is 2.70 bits per heavy atom. The van der Waals surface area contributed by atoms with Gasteiger partial charge in [0.1, 0.15) is 5.56 Å². The number of halogens is 1. The molecule has 2 rings (SSSR count). The molecule has 0 aliphatic rings. The third-order valence-electron chi connectivity index (χ3n) is 2.46. The number of pyridine rings is 2. The van der Waals surface area contributed by atoms with Crippen molar-refractivity contribution in [3.8, 4) is 0 Å². The molecule has 0 radical (unpaired) electrons. The smallest absolute Gasteiger partial charge is 0.319 e. The number of nitrogens with zero attached hydrogens (tertiary/aromatic N) is 3. The molecular weight excluding hydrogens is 284 g/mol. The minimum Gasteiger partial charge on any atom is -0.322 e. The first-order valence-electron chi connectivity index (χ1n) is 5.52. The second-order valence-electron chi connectivity index (χ2n) is 3.90. The van der Waals surface area contributed by atoms with E-state index in [-0.39, 0.29) is 10.7 Å². The quantitative estimate of drug-likeness (QED) is 0.532. The van der Waals surface area contributed by atoms with E-state index in [9.17, 15) is 14.9 Å². The van der Waals surface area contributed by atoms with Crippen molar-refractivity contribution in [1.82, 2.24) is 9.97 Å². The minimum absolute atomic E-state index is 0.149. The van der Waals surface area contributed by atoms with Crippen molar-refractivity contribution in [2.45, 2.75) is 6.92 Å². The zero-order chi connectivity index (χ0) is 14.7. The summed E-state index contributed by atoms with van der Waals surface area (Å²) in [5.74, 6) is -0.633. The molecule has 0 fully saturated rings. The SMILES string of the molecule is Cc1cc(NC(=O)c2ccnc(Cl)c2[N+](=O)[O-])ccn1. The van der Waals surface area contributed by atoms with Gasteiger partial charge in [0, 0.05) is 23.8 Å². The van der Waals surface area contributed by atoms with E-state index in [0.717, 1.165) is 0 Å². The van der Waals surface area contributed by atoms with E-state index in [1.54, 1.807) is 19.1 Å². The second kappa shape index (κ2) is 5.62. The van der Waals surface area contributed by atoms with Crippen molar-refractivity contribution in [3.05, 3.63) is 57.1 Å². The van der Waals surface area contributed by atoms with Gasteiger partial charge in [0.15, 0.2) is 0 Å². The van der Waals surface area contributed by atoms with Gasteiger partial charge >= 0.3 is 5.69 Å². The fraction of sp³-hybridized carbons (Fsp3) is 0.0833. The van der Waals surface area contributed by atoms with Crippen molar-refractivity contribution in [3.63, 3.8) is 0 Å². The normalized spacial score (nSPS) is 10.1. The van der Waals surface area contributed by atoms with E-state index < -0.39 is 16.5 Å². The molecule has 7 nitrogen and oxygen atoms in total. The van der Waals surface area contributed by atoms with E-state index in [4.69, 9.17) is 11.6 Å². The number of amides is 1. The Kier molecular flexibility index (Phi) is 3.90. The number of nitro groups is 1. The number of carbonyl (C=O) groups is 1. The Labute approximate surface area is 118 Å². The van der Waals surface area contributed by atoms with Crippen LogP contribution in [0, 0.1) is 17.0 Å². The third-order valence-corrected chi connectivity index (χ3v) is 2.74. The van der Waals surface area contributed by atoms with E-state index in [1.807, 2.05) is 0 Å². The Morgan fingerprint density at radius 1 is 1.35 bits per heavy atom. The summed E-state index contributed by atoms with van der Waals surface area (Å²) in [6, 6.07) is 4.47. The first-order valence-corrected chi connectivity index (χ1v) is 5.89. The maximum atomic E-state index is 12.1. The van der Waals surface area contributed by atoms with Crippen LogP contribution in [0.15, 0.2) is 30.6 Å². The monoisotopic (exact) mass is 292 g/mol. The molecule has 102 valence electrons. The average Bonchev–Trinajstić information content (AvgIpc) is 2.37. The molecule has 2 aromatic rings. The van der Waals surface area contributed by atoms with E-state index in [2.05, 4.69) is 15.3 Å². The van der Waals surface area contributed by atoms with Crippen LogP contribution in [0.25, 0.3) is 0 Å². The molecule has 0 saturated carbocycles. The zero-order valence-electron chi connectivity index (χ0n) is 10.3. The van der Waals surface area contributed by atoms with Crippen LogP contribution in [0.4, 0.5) is 11.4 Å². The maximum absolute atomic E-state index is 12.1. The summed E-state index contributed by atoms with van der Waals surface area (Å²) in [4.78, 5) is 29.9. The topological polar surface area (TPSA) is 98.0 Å². The van der Waals surface area contributed by atoms with Gasteiger partial charge in [-0.15, -0.1) is 0 Å². The number of nitrogens with one attached hydrogen (secondary N) is 1. The van der Waals surface area contributed by atoms with Crippen LogP contribution < -0.4 is 5.32 Å². The molecule has 2 aromatic heterocycles. The molecule has 1 amide bonds. The first-order chi connectivity index (χ1) is 9.49.